The lowest BCUT2D eigenvalue weighted by Gasteiger charge is -2.31. The number of nitrogens with one attached hydrogen (secondary N) is 2. The lowest BCUT2D eigenvalue weighted by Crippen LogP contribution is -2.45. The molecule has 118 valence electrons. The van der Waals surface area contributed by atoms with E-state index in [0.717, 1.165) is 30.5 Å². The molecular weight excluding hydrogens is 288 g/mol. The Morgan fingerprint density at radius 2 is 2.10 bits per heavy atom. The first-order valence-corrected chi connectivity index (χ1v) is 8.76. The summed E-state index contributed by atoms with van der Waals surface area (Å²) in [5.74, 6) is 0.571. The predicted molar refractivity (Wildman–Crippen MR) is 83.0 cm³/mol. The number of pyridine rings is 1. The average Bonchev–Trinajstić information content (AvgIpc) is 2.47. The topological polar surface area (TPSA) is 74.3 Å². The van der Waals surface area contributed by atoms with Crippen LogP contribution in [0.5, 0.6) is 0 Å². The highest BCUT2D eigenvalue weighted by molar-refractivity contribution is 7.87. The summed E-state index contributed by atoms with van der Waals surface area (Å²) in [5.41, 5.74) is 1.95. The lowest BCUT2D eigenvalue weighted by molar-refractivity contribution is 0.268. The van der Waals surface area contributed by atoms with E-state index >= 15 is 0 Å². The van der Waals surface area contributed by atoms with E-state index in [4.69, 9.17) is 0 Å². The van der Waals surface area contributed by atoms with Crippen LogP contribution in [0.3, 0.4) is 0 Å². The maximum absolute atomic E-state index is 12.3. The summed E-state index contributed by atoms with van der Waals surface area (Å²) in [5, 5.41) is 3.15. The monoisotopic (exact) mass is 312 g/mol. The highest BCUT2D eigenvalue weighted by Crippen LogP contribution is 2.18. The maximum Gasteiger partial charge on any atom is 0.279 e. The Balaban J connectivity index is 1.89. The van der Waals surface area contributed by atoms with Gasteiger partial charge in [-0.2, -0.15) is 17.4 Å². The van der Waals surface area contributed by atoms with E-state index in [-0.39, 0.29) is 0 Å². The second-order valence-corrected chi connectivity index (χ2v) is 7.28. The molecule has 0 atom stereocenters. The van der Waals surface area contributed by atoms with Gasteiger partial charge in [-0.1, -0.05) is 0 Å². The van der Waals surface area contributed by atoms with Gasteiger partial charge in [0.15, 0.2) is 0 Å². The minimum Gasteiger partial charge on any atom is -0.319 e. The van der Waals surface area contributed by atoms with Crippen molar-refractivity contribution in [1.29, 1.82) is 0 Å². The third-order valence-corrected chi connectivity index (χ3v) is 5.55. The van der Waals surface area contributed by atoms with Crippen molar-refractivity contribution in [2.75, 3.05) is 26.7 Å². The molecule has 0 bridgehead atoms. The van der Waals surface area contributed by atoms with Crippen molar-refractivity contribution in [1.82, 2.24) is 19.3 Å². The van der Waals surface area contributed by atoms with Crippen LogP contribution in [-0.2, 0) is 16.8 Å². The number of nitrogens with zero attached hydrogens (tertiary/aromatic N) is 2. The Morgan fingerprint density at radius 3 is 2.71 bits per heavy atom. The van der Waals surface area contributed by atoms with E-state index in [1.165, 1.54) is 0 Å². The molecule has 2 N–H and O–H groups in total. The Kier molecular flexibility index (Phi) is 5.69. The first-order chi connectivity index (χ1) is 10.0. The fourth-order valence-electron chi connectivity index (χ4n) is 2.58. The fourth-order valence-corrected chi connectivity index (χ4v) is 3.80. The molecule has 0 amide bonds. The van der Waals surface area contributed by atoms with Crippen molar-refractivity contribution in [3.63, 3.8) is 0 Å². The molecular formula is C14H24N4O2S. The van der Waals surface area contributed by atoms with Crippen molar-refractivity contribution in [3.05, 3.63) is 29.6 Å². The van der Waals surface area contributed by atoms with Gasteiger partial charge in [-0.15, -0.1) is 0 Å². The van der Waals surface area contributed by atoms with Gasteiger partial charge in [-0.05, 0) is 56.5 Å². The van der Waals surface area contributed by atoms with Crippen molar-refractivity contribution >= 4 is 10.2 Å². The molecule has 1 aliphatic heterocycles. The van der Waals surface area contributed by atoms with Crippen LogP contribution in [-0.4, -0.2) is 44.4 Å². The van der Waals surface area contributed by atoms with E-state index < -0.39 is 10.2 Å². The molecule has 0 radical (unpaired) electrons. The Bertz CT molecular complexity index is 554. The maximum atomic E-state index is 12.3. The average molecular weight is 312 g/mol. The molecule has 1 aliphatic rings. The number of rotatable bonds is 6. The summed E-state index contributed by atoms with van der Waals surface area (Å²) in [7, 11) is -1.47. The van der Waals surface area contributed by atoms with Gasteiger partial charge in [-0.25, -0.2) is 0 Å². The minimum absolute atomic E-state index is 0.290. The Hall–Kier alpha value is -1.02. The van der Waals surface area contributed by atoms with Gasteiger partial charge in [0.25, 0.3) is 10.2 Å². The van der Waals surface area contributed by atoms with E-state index in [1.807, 2.05) is 20.0 Å². The summed E-state index contributed by atoms with van der Waals surface area (Å²) in [6, 6.07) is 1.88. The molecule has 0 unspecified atom stereocenters. The van der Waals surface area contributed by atoms with Gasteiger partial charge < -0.3 is 5.32 Å². The van der Waals surface area contributed by atoms with Crippen LogP contribution in [0.25, 0.3) is 0 Å². The molecule has 1 fully saturated rings. The van der Waals surface area contributed by atoms with Crippen LogP contribution in [0.2, 0.25) is 0 Å². The van der Waals surface area contributed by atoms with Crippen molar-refractivity contribution in [3.8, 4) is 0 Å². The Morgan fingerprint density at radius 1 is 1.38 bits per heavy atom. The summed E-state index contributed by atoms with van der Waals surface area (Å²) >= 11 is 0. The first-order valence-electron chi connectivity index (χ1n) is 7.31. The fraction of sp³-hybridized carbons (Fsp3) is 0.643. The zero-order valence-corrected chi connectivity index (χ0v) is 13.5. The smallest absolute Gasteiger partial charge is 0.279 e. The zero-order chi connectivity index (χ0) is 15.3. The summed E-state index contributed by atoms with van der Waals surface area (Å²) in [6.07, 6.45) is 5.23. The highest BCUT2D eigenvalue weighted by atomic mass is 32.2. The summed E-state index contributed by atoms with van der Waals surface area (Å²) < 4.78 is 28.8. The van der Waals surface area contributed by atoms with Crippen LogP contribution >= 0.6 is 0 Å². The van der Waals surface area contributed by atoms with Gasteiger partial charge in [0.2, 0.25) is 0 Å². The van der Waals surface area contributed by atoms with Gasteiger partial charge in [0.05, 0.1) is 0 Å². The number of hydrogen-bond donors (Lipinski definition) is 2. The van der Waals surface area contributed by atoms with E-state index in [1.54, 1.807) is 16.7 Å². The van der Waals surface area contributed by atoms with E-state index in [0.29, 0.717) is 25.6 Å². The molecule has 1 aromatic rings. The molecule has 0 aliphatic carbocycles. The van der Waals surface area contributed by atoms with Gasteiger partial charge in [-0.3, -0.25) is 4.98 Å². The molecule has 0 spiro atoms. The zero-order valence-electron chi connectivity index (χ0n) is 12.7. The van der Waals surface area contributed by atoms with Crippen LogP contribution in [0, 0.1) is 12.8 Å². The number of aryl methyl sites for hydroxylation is 1. The standard InChI is InChI=1S/C14H24N4O2S/c1-12-3-6-16-10-14(12)11-17-21(19,20)18-7-4-13(5-8-18)9-15-2/h3,6,10,13,15,17H,4-5,7-9,11H2,1-2H3. The van der Waals surface area contributed by atoms with Crippen molar-refractivity contribution < 1.29 is 8.42 Å². The second kappa shape index (κ2) is 7.31. The van der Waals surface area contributed by atoms with Gasteiger partial charge in [0.1, 0.15) is 0 Å². The third kappa shape index (κ3) is 4.47. The number of hydrogen-bond acceptors (Lipinski definition) is 4. The molecule has 0 saturated carbocycles. The van der Waals surface area contributed by atoms with Crippen LogP contribution in [0.4, 0.5) is 0 Å². The molecule has 2 rings (SSSR count). The quantitative estimate of drug-likeness (QED) is 0.809. The van der Waals surface area contributed by atoms with Crippen molar-refractivity contribution in [2.45, 2.75) is 26.3 Å². The van der Waals surface area contributed by atoms with E-state index in [2.05, 4.69) is 15.0 Å². The third-order valence-electron chi connectivity index (χ3n) is 4.00. The molecule has 21 heavy (non-hydrogen) atoms. The molecule has 2 heterocycles. The second-order valence-electron chi connectivity index (χ2n) is 5.53. The van der Waals surface area contributed by atoms with Crippen LogP contribution in [0.1, 0.15) is 24.0 Å². The lowest BCUT2D eigenvalue weighted by atomic mass is 9.98. The molecule has 0 aromatic carbocycles. The molecule has 7 heteroatoms. The van der Waals surface area contributed by atoms with E-state index in [9.17, 15) is 8.42 Å². The molecule has 1 aromatic heterocycles. The van der Waals surface area contributed by atoms with Crippen LogP contribution < -0.4 is 10.0 Å². The molecule has 1 saturated heterocycles. The summed E-state index contributed by atoms with van der Waals surface area (Å²) in [4.78, 5) is 4.03. The summed E-state index contributed by atoms with van der Waals surface area (Å²) in [6.45, 7) is 4.38. The van der Waals surface area contributed by atoms with Crippen LogP contribution in [0.15, 0.2) is 18.5 Å². The minimum atomic E-state index is -3.40. The SMILES string of the molecule is CNCC1CCN(S(=O)(=O)NCc2cnccc2C)CC1. The molecule has 6 nitrogen and oxygen atoms in total. The van der Waals surface area contributed by atoms with Crippen molar-refractivity contribution in [2.24, 2.45) is 5.92 Å². The Labute approximate surface area is 127 Å². The first kappa shape index (κ1) is 16.4. The number of aromatic nitrogens is 1. The van der Waals surface area contributed by atoms with Gasteiger partial charge >= 0.3 is 0 Å². The number of piperidine rings is 1. The highest BCUT2D eigenvalue weighted by Gasteiger charge is 2.27. The predicted octanol–water partition coefficient (Wildman–Crippen LogP) is 0.656. The normalized spacial score (nSPS) is 18.0. The van der Waals surface area contributed by atoms with Gasteiger partial charge in [0, 0.05) is 32.0 Å². The largest absolute Gasteiger partial charge is 0.319 e.